The molecule has 0 spiro atoms. The number of carbonyl (C=O) groups excluding carboxylic acids is 3. The van der Waals surface area contributed by atoms with E-state index in [1.807, 2.05) is 92.7 Å². The zero-order valence-electron chi connectivity index (χ0n) is 36.2. The largest absolute Gasteiger partial charge is 0.476 e. The molecule has 0 aromatic heterocycles. The second kappa shape index (κ2) is 23.7. The van der Waals surface area contributed by atoms with Crippen LogP contribution in [0.3, 0.4) is 0 Å². The number of rotatable bonds is 23. The number of phosphoric ester groups is 1. The Morgan fingerprint density at radius 1 is 0.717 bits per heavy atom. The Bertz CT molecular complexity index is 1940. The number of hydrogen-bond acceptors (Lipinski definition) is 10. The second-order valence-corrected chi connectivity index (χ2v) is 17.7. The maximum atomic E-state index is 14.0. The number of amides is 2. The number of nitrogens with zero attached hydrogens (tertiary/aromatic N) is 1. The lowest BCUT2D eigenvalue weighted by atomic mass is 9.92. The molecule has 4 aromatic rings. The summed E-state index contributed by atoms with van der Waals surface area (Å²) in [6, 6.07) is 31.3. The van der Waals surface area contributed by atoms with E-state index in [4.69, 9.17) is 23.0 Å². The standard InChI is InChI=1S/C47H62N3O9P/c1-9-39(40-22-25-43(50(28-33(2)3)29-34(4)5)42(26-40)49-47(53)48-41-23-20-36(8)21-24-41)27-44(51)55-32-56-46(52)45(35(6)7)59-60(54,57-30-37-16-12-10-13-17-37)58-31-38-18-14-11-15-19-38/h10-26,33-35,39,45H,9,27-32H2,1-8H3,(H2,48,49,53)/t39?,45-/m0/s1. The van der Waals surface area contributed by atoms with Gasteiger partial charge in [0.2, 0.25) is 6.79 Å². The monoisotopic (exact) mass is 843 g/mol. The van der Waals surface area contributed by atoms with Crippen molar-refractivity contribution in [2.24, 2.45) is 17.8 Å². The Balaban J connectivity index is 1.43. The highest BCUT2D eigenvalue weighted by atomic mass is 31.2. The number of hydrogen-bond donors (Lipinski definition) is 2. The molecule has 2 amide bonds. The Morgan fingerprint density at radius 3 is 1.80 bits per heavy atom. The summed E-state index contributed by atoms with van der Waals surface area (Å²) >= 11 is 0. The lowest BCUT2D eigenvalue weighted by molar-refractivity contribution is -0.174. The molecule has 12 nitrogen and oxygen atoms in total. The van der Waals surface area contributed by atoms with Gasteiger partial charge in [0, 0.05) is 18.8 Å². The predicted molar refractivity (Wildman–Crippen MR) is 237 cm³/mol. The van der Waals surface area contributed by atoms with Crippen LogP contribution in [0.4, 0.5) is 21.9 Å². The average Bonchev–Trinajstić information content (AvgIpc) is 3.21. The highest BCUT2D eigenvalue weighted by Gasteiger charge is 2.37. The zero-order valence-corrected chi connectivity index (χ0v) is 37.1. The first kappa shape index (κ1) is 47.7. The number of ether oxygens (including phenoxy) is 2. The molecule has 0 saturated carbocycles. The van der Waals surface area contributed by atoms with Crippen LogP contribution in [-0.2, 0) is 50.4 Å². The SMILES string of the molecule is CCC(CC(=O)OCOC(=O)[C@@H](OP(=O)(OCc1ccccc1)OCc1ccccc1)C(C)C)c1ccc(N(CC(C)C)CC(C)C)c(NC(=O)Nc2ccc(C)cc2)c1. The van der Waals surface area contributed by atoms with Gasteiger partial charge in [-0.25, -0.2) is 14.2 Å². The van der Waals surface area contributed by atoms with Gasteiger partial charge in [-0.1, -0.05) is 133 Å². The average molecular weight is 844 g/mol. The van der Waals surface area contributed by atoms with Crippen molar-refractivity contribution >= 4 is 42.9 Å². The van der Waals surface area contributed by atoms with Crippen LogP contribution in [0.25, 0.3) is 0 Å². The molecular weight excluding hydrogens is 782 g/mol. The Morgan fingerprint density at radius 2 is 1.28 bits per heavy atom. The van der Waals surface area contributed by atoms with Crippen LogP contribution in [0, 0.1) is 24.7 Å². The van der Waals surface area contributed by atoms with Crippen LogP contribution in [0.2, 0.25) is 0 Å². The summed E-state index contributed by atoms with van der Waals surface area (Å²) < 4.78 is 42.0. The van der Waals surface area contributed by atoms with E-state index in [9.17, 15) is 18.9 Å². The third kappa shape index (κ3) is 15.9. The van der Waals surface area contributed by atoms with Gasteiger partial charge in [-0.2, -0.15) is 0 Å². The molecule has 0 bridgehead atoms. The molecule has 0 aliphatic heterocycles. The quantitative estimate of drug-likeness (QED) is 0.0421. The third-order valence-corrected chi connectivity index (χ3v) is 10.8. The highest BCUT2D eigenvalue weighted by Crippen LogP contribution is 2.53. The van der Waals surface area contributed by atoms with Crippen LogP contribution >= 0.6 is 7.82 Å². The molecule has 4 rings (SSSR count). The minimum absolute atomic E-state index is 0.00986. The highest BCUT2D eigenvalue weighted by molar-refractivity contribution is 7.48. The van der Waals surface area contributed by atoms with E-state index < -0.39 is 38.6 Å². The topological polar surface area (TPSA) is 142 Å². The van der Waals surface area contributed by atoms with Crippen LogP contribution in [0.1, 0.15) is 89.5 Å². The van der Waals surface area contributed by atoms with Crippen LogP contribution in [0.15, 0.2) is 103 Å². The number of esters is 2. The van der Waals surface area contributed by atoms with Crippen LogP contribution in [-0.4, -0.2) is 44.0 Å². The van der Waals surface area contributed by atoms with Crippen LogP contribution < -0.4 is 15.5 Å². The van der Waals surface area contributed by atoms with Gasteiger partial charge in [0.15, 0.2) is 6.10 Å². The molecule has 324 valence electrons. The summed E-state index contributed by atoms with van der Waals surface area (Å²) in [5.41, 5.74) is 5.56. The van der Waals surface area contributed by atoms with Gasteiger partial charge < -0.3 is 25.0 Å². The molecule has 0 radical (unpaired) electrons. The minimum Gasteiger partial charge on any atom is -0.428 e. The predicted octanol–water partition coefficient (Wildman–Crippen LogP) is 11.3. The molecule has 0 saturated heterocycles. The Labute approximate surface area is 355 Å². The van der Waals surface area contributed by atoms with Crippen molar-refractivity contribution in [3.8, 4) is 0 Å². The molecule has 0 fully saturated rings. The molecule has 60 heavy (non-hydrogen) atoms. The van der Waals surface area contributed by atoms with E-state index in [1.165, 1.54) is 0 Å². The van der Waals surface area contributed by atoms with Gasteiger partial charge in [0.1, 0.15) is 0 Å². The maximum Gasteiger partial charge on any atom is 0.476 e. The fourth-order valence-corrected chi connectivity index (χ4v) is 7.80. The number of phosphoric acid groups is 1. The van der Waals surface area contributed by atoms with Gasteiger partial charge in [-0.3, -0.25) is 18.4 Å². The molecule has 13 heteroatoms. The molecular formula is C47H62N3O9P. The summed E-state index contributed by atoms with van der Waals surface area (Å²) in [6.07, 6.45) is -0.775. The lowest BCUT2D eigenvalue weighted by Crippen LogP contribution is -2.32. The number of aryl methyl sites for hydroxylation is 1. The van der Waals surface area contributed by atoms with Crippen molar-refractivity contribution in [2.45, 2.75) is 93.5 Å². The number of urea groups is 1. The van der Waals surface area contributed by atoms with E-state index in [2.05, 4.69) is 43.2 Å². The molecule has 4 aromatic carbocycles. The van der Waals surface area contributed by atoms with Crippen molar-refractivity contribution in [1.29, 1.82) is 0 Å². The Hall–Kier alpha value is -5.00. The first-order chi connectivity index (χ1) is 28.6. The van der Waals surface area contributed by atoms with Crippen molar-refractivity contribution in [1.82, 2.24) is 0 Å². The second-order valence-electron chi connectivity index (χ2n) is 16.1. The van der Waals surface area contributed by atoms with Crippen molar-refractivity contribution in [3.63, 3.8) is 0 Å². The maximum absolute atomic E-state index is 14.0. The van der Waals surface area contributed by atoms with Gasteiger partial charge in [-0.15, -0.1) is 0 Å². The van der Waals surface area contributed by atoms with Gasteiger partial charge in [-0.05, 0) is 78.0 Å². The van der Waals surface area contributed by atoms with Gasteiger partial charge >= 0.3 is 25.8 Å². The number of benzene rings is 4. The van der Waals surface area contributed by atoms with E-state index in [-0.39, 0.29) is 31.6 Å². The normalized spacial score (nSPS) is 12.6. The molecule has 1 unspecified atom stereocenters. The van der Waals surface area contributed by atoms with Gasteiger partial charge in [0.25, 0.3) is 0 Å². The number of anilines is 3. The summed E-state index contributed by atoms with van der Waals surface area (Å²) in [4.78, 5) is 42.2. The molecule has 0 aliphatic rings. The molecule has 0 heterocycles. The van der Waals surface area contributed by atoms with Gasteiger partial charge in [0.05, 0.1) is 31.0 Å². The third-order valence-electron chi connectivity index (χ3n) is 9.43. The number of nitrogens with one attached hydrogen (secondary N) is 2. The fourth-order valence-electron chi connectivity index (χ4n) is 6.38. The molecule has 2 atom stereocenters. The molecule has 0 aliphatic carbocycles. The van der Waals surface area contributed by atoms with E-state index in [1.54, 1.807) is 38.1 Å². The fraction of sp³-hybridized carbons (Fsp3) is 0.426. The van der Waals surface area contributed by atoms with Crippen molar-refractivity contribution in [2.75, 3.05) is 35.4 Å². The smallest absolute Gasteiger partial charge is 0.428 e. The minimum atomic E-state index is -4.32. The first-order valence-corrected chi connectivity index (χ1v) is 22.1. The molecule has 2 N–H and O–H groups in total. The Kier molecular flexibility index (Phi) is 18.8. The van der Waals surface area contributed by atoms with E-state index >= 15 is 0 Å². The van der Waals surface area contributed by atoms with Crippen molar-refractivity contribution in [3.05, 3.63) is 125 Å². The number of carbonyl (C=O) groups is 3. The van der Waals surface area contributed by atoms with Crippen molar-refractivity contribution < 1.29 is 42.0 Å². The van der Waals surface area contributed by atoms with E-state index in [0.717, 1.165) is 41.0 Å². The first-order valence-electron chi connectivity index (χ1n) is 20.7. The zero-order chi connectivity index (χ0) is 43.7. The van der Waals surface area contributed by atoms with Crippen LogP contribution in [0.5, 0.6) is 0 Å². The van der Waals surface area contributed by atoms with E-state index in [0.29, 0.717) is 29.6 Å². The summed E-state index contributed by atoms with van der Waals surface area (Å²) in [5.74, 6) is -1.51. The summed E-state index contributed by atoms with van der Waals surface area (Å²) in [5, 5.41) is 6.00. The summed E-state index contributed by atoms with van der Waals surface area (Å²) in [7, 11) is -4.32. The summed E-state index contributed by atoms with van der Waals surface area (Å²) in [6.45, 7) is 16.7. The lowest BCUT2D eigenvalue weighted by Gasteiger charge is -2.31.